The summed E-state index contributed by atoms with van der Waals surface area (Å²) in [5.74, 6) is -2.56. The van der Waals surface area contributed by atoms with E-state index in [1.165, 1.54) is 24.3 Å². The van der Waals surface area contributed by atoms with Crippen LogP contribution in [0, 0.1) is 17.5 Å². The van der Waals surface area contributed by atoms with E-state index >= 15 is 0 Å². The second kappa shape index (κ2) is 6.60. The second-order valence-electron chi connectivity index (χ2n) is 5.20. The molecule has 0 atom stereocenters. The number of fused-ring (bicyclic) bond motifs is 1. The fourth-order valence-corrected chi connectivity index (χ4v) is 3.51. The number of carbonyl (C=O) groups is 1. The normalized spacial score (nSPS) is 12.1. The van der Waals surface area contributed by atoms with Gasteiger partial charge in [-0.25, -0.2) is 13.2 Å². The zero-order valence-electron chi connectivity index (χ0n) is 12.7. The number of rotatable bonds is 3. The Morgan fingerprint density at radius 1 is 1.17 bits per heavy atom. The smallest absolute Gasteiger partial charge is 0.279 e. The Bertz CT molecular complexity index is 991. The lowest BCUT2D eigenvalue weighted by molar-refractivity contribution is 0.0997. The van der Waals surface area contributed by atoms with Crippen LogP contribution in [0.1, 0.15) is 23.7 Å². The van der Waals surface area contributed by atoms with E-state index < -0.39 is 23.4 Å². The number of benzene rings is 2. The summed E-state index contributed by atoms with van der Waals surface area (Å²) in [7, 11) is 0. The van der Waals surface area contributed by atoms with Gasteiger partial charge in [0.2, 0.25) is 0 Å². The molecule has 0 saturated carbocycles. The van der Waals surface area contributed by atoms with Gasteiger partial charge in [-0.1, -0.05) is 24.3 Å². The minimum Gasteiger partial charge on any atom is -0.314 e. The van der Waals surface area contributed by atoms with Crippen molar-refractivity contribution in [1.29, 1.82) is 0 Å². The van der Waals surface area contributed by atoms with Crippen molar-refractivity contribution in [3.8, 4) is 0 Å². The van der Waals surface area contributed by atoms with Crippen LogP contribution in [0.3, 0.4) is 0 Å². The lowest BCUT2D eigenvalue weighted by atomic mass is 10.2. The van der Waals surface area contributed by atoms with Gasteiger partial charge in [0.15, 0.2) is 10.6 Å². The van der Waals surface area contributed by atoms with Crippen LogP contribution < -0.4 is 4.80 Å². The summed E-state index contributed by atoms with van der Waals surface area (Å²) in [5.41, 5.74) is 0.316. The Hall–Kier alpha value is -2.41. The Labute approximate surface area is 139 Å². The highest BCUT2D eigenvalue weighted by molar-refractivity contribution is 7.16. The first kappa shape index (κ1) is 16.4. The van der Waals surface area contributed by atoms with Crippen molar-refractivity contribution in [1.82, 2.24) is 4.57 Å². The van der Waals surface area contributed by atoms with Crippen molar-refractivity contribution < 1.29 is 18.0 Å². The van der Waals surface area contributed by atoms with Gasteiger partial charge < -0.3 is 4.57 Å². The van der Waals surface area contributed by atoms with Gasteiger partial charge in [0.1, 0.15) is 11.6 Å². The van der Waals surface area contributed by atoms with E-state index in [0.29, 0.717) is 17.7 Å². The number of thiazole rings is 1. The van der Waals surface area contributed by atoms with E-state index in [9.17, 15) is 18.0 Å². The average Bonchev–Trinajstić information content (AvgIpc) is 2.85. The maximum atomic E-state index is 14.1. The molecule has 0 aliphatic rings. The van der Waals surface area contributed by atoms with Crippen LogP contribution in [0.15, 0.2) is 41.4 Å². The molecule has 3 rings (SSSR count). The summed E-state index contributed by atoms with van der Waals surface area (Å²) in [6.07, 6.45) is 0.685. The molecular formula is C17H13F3N2OS. The molecule has 3 nitrogen and oxygen atoms in total. The van der Waals surface area contributed by atoms with Gasteiger partial charge in [-0.3, -0.25) is 4.79 Å². The first-order valence-electron chi connectivity index (χ1n) is 7.32. The highest BCUT2D eigenvalue weighted by atomic mass is 32.1. The van der Waals surface area contributed by atoms with Gasteiger partial charge in [0, 0.05) is 18.2 Å². The van der Waals surface area contributed by atoms with E-state index in [2.05, 4.69) is 4.99 Å². The van der Waals surface area contributed by atoms with Crippen LogP contribution in [-0.4, -0.2) is 10.5 Å². The van der Waals surface area contributed by atoms with Gasteiger partial charge in [0.05, 0.1) is 10.2 Å². The monoisotopic (exact) mass is 350 g/mol. The number of hydrogen-bond donors (Lipinski definition) is 0. The molecule has 1 aromatic heterocycles. The van der Waals surface area contributed by atoms with Crippen LogP contribution in [0.5, 0.6) is 0 Å². The molecule has 0 bridgehead atoms. The molecule has 24 heavy (non-hydrogen) atoms. The largest absolute Gasteiger partial charge is 0.314 e. The Morgan fingerprint density at radius 2 is 1.96 bits per heavy atom. The minimum absolute atomic E-state index is 0.0992. The summed E-state index contributed by atoms with van der Waals surface area (Å²) >= 11 is 1.02. The minimum atomic E-state index is -0.700. The molecule has 1 heterocycles. The summed E-state index contributed by atoms with van der Waals surface area (Å²) < 4.78 is 42.7. The van der Waals surface area contributed by atoms with Crippen molar-refractivity contribution in [2.75, 3.05) is 0 Å². The van der Waals surface area contributed by atoms with Crippen LogP contribution in [0.4, 0.5) is 13.2 Å². The Balaban J connectivity index is 2.19. The van der Waals surface area contributed by atoms with E-state index in [1.807, 2.05) is 6.92 Å². The van der Waals surface area contributed by atoms with Crippen molar-refractivity contribution in [2.45, 2.75) is 19.9 Å². The lowest BCUT2D eigenvalue weighted by Gasteiger charge is -2.03. The molecule has 3 aromatic rings. The van der Waals surface area contributed by atoms with Gasteiger partial charge in [-0.2, -0.15) is 4.99 Å². The average molecular weight is 350 g/mol. The molecule has 1 amide bonds. The van der Waals surface area contributed by atoms with E-state index in [4.69, 9.17) is 0 Å². The number of amides is 1. The lowest BCUT2D eigenvalue weighted by Crippen LogP contribution is -2.17. The van der Waals surface area contributed by atoms with Crippen LogP contribution >= 0.6 is 11.3 Å². The standard InChI is InChI=1S/C17H13F3N2OS/c1-2-6-22-15-13(20)8-12(19)9-14(15)24-17(22)21-16(23)10-4-3-5-11(18)7-10/h3-5,7-9H,2,6H2,1H3. The van der Waals surface area contributed by atoms with E-state index in [1.54, 1.807) is 4.57 Å². The second-order valence-corrected chi connectivity index (χ2v) is 6.21. The number of carbonyl (C=O) groups excluding carboxylic acids is 1. The molecular weight excluding hydrogens is 337 g/mol. The van der Waals surface area contributed by atoms with Gasteiger partial charge >= 0.3 is 0 Å². The summed E-state index contributed by atoms with van der Waals surface area (Å²) in [6, 6.07) is 7.19. The number of halogens is 3. The SMILES string of the molecule is CCCn1c(=NC(=O)c2cccc(F)c2)sc2cc(F)cc(F)c21. The number of aryl methyl sites for hydroxylation is 1. The molecule has 124 valence electrons. The predicted octanol–water partition coefficient (Wildman–Crippen LogP) is 4.27. The topological polar surface area (TPSA) is 34.4 Å². The number of hydrogen-bond acceptors (Lipinski definition) is 2. The third-order valence-corrected chi connectivity index (χ3v) is 4.44. The third kappa shape index (κ3) is 3.12. The van der Waals surface area contributed by atoms with Crippen LogP contribution in [0.25, 0.3) is 10.2 Å². The van der Waals surface area contributed by atoms with Crippen molar-refractivity contribution in [3.05, 3.63) is 64.2 Å². The van der Waals surface area contributed by atoms with E-state index in [-0.39, 0.29) is 15.9 Å². The molecule has 0 unspecified atom stereocenters. The first-order valence-corrected chi connectivity index (χ1v) is 8.14. The van der Waals surface area contributed by atoms with Gasteiger partial charge in [0.25, 0.3) is 5.91 Å². The summed E-state index contributed by atoms with van der Waals surface area (Å²) in [6.45, 7) is 2.33. The number of aromatic nitrogens is 1. The maximum Gasteiger partial charge on any atom is 0.279 e. The van der Waals surface area contributed by atoms with E-state index in [0.717, 1.165) is 23.5 Å². The Morgan fingerprint density at radius 3 is 2.67 bits per heavy atom. The van der Waals surface area contributed by atoms with Gasteiger partial charge in [-0.15, -0.1) is 0 Å². The van der Waals surface area contributed by atoms with Crippen molar-refractivity contribution >= 4 is 27.5 Å². The predicted molar refractivity (Wildman–Crippen MR) is 86.3 cm³/mol. The molecule has 7 heteroatoms. The molecule has 0 spiro atoms. The molecule has 0 N–H and O–H groups in total. The molecule has 0 fully saturated rings. The maximum absolute atomic E-state index is 14.1. The fraction of sp³-hybridized carbons (Fsp3) is 0.176. The van der Waals surface area contributed by atoms with Gasteiger partial charge in [-0.05, 0) is 30.7 Å². The fourth-order valence-electron chi connectivity index (χ4n) is 2.42. The molecule has 0 aliphatic carbocycles. The first-order chi connectivity index (χ1) is 11.5. The molecule has 2 aromatic carbocycles. The summed E-state index contributed by atoms with van der Waals surface area (Å²) in [4.78, 5) is 16.5. The number of nitrogens with zero attached hydrogens (tertiary/aromatic N) is 2. The van der Waals surface area contributed by atoms with Crippen LogP contribution in [0.2, 0.25) is 0 Å². The summed E-state index contributed by atoms with van der Waals surface area (Å²) in [5, 5.41) is 0. The highest BCUT2D eigenvalue weighted by Crippen LogP contribution is 2.22. The van der Waals surface area contributed by atoms with Crippen molar-refractivity contribution in [3.63, 3.8) is 0 Å². The Kier molecular flexibility index (Phi) is 4.53. The van der Waals surface area contributed by atoms with Crippen LogP contribution in [-0.2, 0) is 6.54 Å². The molecule has 0 radical (unpaired) electrons. The highest BCUT2D eigenvalue weighted by Gasteiger charge is 2.14. The molecule has 0 aliphatic heterocycles. The zero-order chi connectivity index (χ0) is 17.3. The zero-order valence-corrected chi connectivity index (χ0v) is 13.5. The third-order valence-electron chi connectivity index (χ3n) is 3.41. The quantitative estimate of drug-likeness (QED) is 0.695. The van der Waals surface area contributed by atoms with Crippen molar-refractivity contribution in [2.24, 2.45) is 4.99 Å². The molecule has 0 saturated heterocycles.